The van der Waals surface area contributed by atoms with Crippen LogP contribution in [0.1, 0.15) is 12.0 Å². The summed E-state index contributed by atoms with van der Waals surface area (Å²) in [5.41, 5.74) is 0.459. The quantitative estimate of drug-likeness (QED) is 0.658. The number of carbonyl (C=O) groups is 1. The molecule has 0 spiro atoms. The number of nitro benzene ring substituents is 1. The second-order valence-electron chi connectivity index (χ2n) is 4.30. The number of hydrogen-bond acceptors (Lipinski definition) is 4. The van der Waals surface area contributed by atoms with E-state index in [1.54, 1.807) is 0 Å². The molecule has 0 bridgehead atoms. The first kappa shape index (κ1) is 14.1. The van der Waals surface area contributed by atoms with Crippen molar-refractivity contribution < 1.29 is 22.9 Å². The summed E-state index contributed by atoms with van der Waals surface area (Å²) < 4.78 is 36.2. The zero-order chi connectivity index (χ0) is 14.9. The molecular formula is C11H10F3N3O3. The summed E-state index contributed by atoms with van der Waals surface area (Å²) in [6.45, 7) is -0.475. The summed E-state index contributed by atoms with van der Waals surface area (Å²) in [6, 6.07) is 2.48. The van der Waals surface area contributed by atoms with Crippen LogP contribution < -0.4 is 10.6 Å². The highest BCUT2D eigenvalue weighted by Crippen LogP contribution is 2.34. The van der Waals surface area contributed by atoms with Gasteiger partial charge in [0.15, 0.2) is 0 Å². The third kappa shape index (κ3) is 3.16. The Morgan fingerprint density at radius 3 is 2.70 bits per heavy atom. The lowest BCUT2D eigenvalue weighted by atomic mass is 10.1. The van der Waals surface area contributed by atoms with Crippen molar-refractivity contribution in [3.8, 4) is 0 Å². The SMILES string of the molecule is O=C1Cc2cc([N+](=O)[O-])c(NCCC(F)(F)F)cc2N1. The van der Waals surface area contributed by atoms with Crippen LogP contribution in [0.5, 0.6) is 0 Å². The van der Waals surface area contributed by atoms with Crippen molar-refractivity contribution >= 4 is 23.0 Å². The predicted octanol–water partition coefficient (Wildman–Crippen LogP) is 2.45. The third-order valence-corrected chi connectivity index (χ3v) is 2.77. The Hall–Kier alpha value is -2.32. The number of anilines is 2. The van der Waals surface area contributed by atoms with Gasteiger partial charge >= 0.3 is 6.18 Å². The normalized spacial score (nSPS) is 13.8. The second-order valence-corrected chi connectivity index (χ2v) is 4.30. The first-order valence-corrected chi connectivity index (χ1v) is 5.68. The molecule has 1 heterocycles. The molecule has 108 valence electrons. The maximum Gasteiger partial charge on any atom is 0.390 e. The van der Waals surface area contributed by atoms with Gasteiger partial charge in [-0.1, -0.05) is 0 Å². The highest BCUT2D eigenvalue weighted by molar-refractivity contribution is 6.00. The van der Waals surface area contributed by atoms with Gasteiger partial charge in [-0.05, 0) is 11.6 Å². The molecule has 0 radical (unpaired) electrons. The van der Waals surface area contributed by atoms with Crippen molar-refractivity contribution in [2.75, 3.05) is 17.2 Å². The van der Waals surface area contributed by atoms with Crippen molar-refractivity contribution in [1.29, 1.82) is 0 Å². The lowest BCUT2D eigenvalue weighted by Gasteiger charge is -2.10. The number of rotatable bonds is 4. The fourth-order valence-corrected chi connectivity index (χ4v) is 1.89. The number of halogens is 3. The highest BCUT2D eigenvalue weighted by Gasteiger charge is 2.28. The van der Waals surface area contributed by atoms with Crippen LogP contribution in [0.3, 0.4) is 0 Å². The number of nitrogens with zero attached hydrogens (tertiary/aromatic N) is 1. The number of fused-ring (bicyclic) bond motifs is 1. The highest BCUT2D eigenvalue weighted by atomic mass is 19.4. The summed E-state index contributed by atoms with van der Waals surface area (Å²) in [4.78, 5) is 21.4. The Labute approximate surface area is 111 Å². The molecule has 1 amide bonds. The van der Waals surface area contributed by atoms with Crippen LogP contribution in [0, 0.1) is 10.1 Å². The molecule has 0 aromatic heterocycles. The van der Waals surface area contributed by atoms with Gasteiger partial charge in [-0.2, -0.15) is 13.2 Å². The van der Waals surface area contributed by atoms with Gasteiger partial charge in [0, 0.05) is 18.3 Å². The standard InChI is InChI=1S/C11H10F3N3O3/c12-11(13,14)1-2-15-8-5-7-6(4-10(18)16-7)3-9(8)17(19)20/h3,5,15H,1-2,4H2,(H,16,18). The summed E-state index contributed by atoms with van der Waals surface area (Å²) in [5, 5.41) is 15.8. The van der Waals surface area contributed by atoms with Crippen LogP contribution in [0.4, 0.5) is 30.2 Å². The lowest BCUT2D eigenvalue weighted by molar-refractivity contribution is -0.384. The van der Waals surface area contributed by atoms with Crippen molar-refractivity contribution in [2.45, 2.75) is 19.0 Å². The molecule has 2 N–H and O–H groups in total. The van der Waals surface area contributed by atoms with Gasteiger partial charge in [0.1, 0.15) is 5.69 Å². The number of benzene rings is 1. The van der Waals surface area contributed by atoms with Gasteiger partial charge in [0.2, 0.25) is 5.91 Å². The largest absolute Gasteiger partial charge is 0.390 e. The van der Waals surface area contributed by atoms with E-state index in [-0.39, 0.29) is 23.7 Å². The van der Waals surface area contributed by atoms with E-state index < -0.39 is 24.1 Å². The Balaban J connectivity index is 2.21. The molecule has 0 unspecified atom stereocenters. The molecule has 0 fully saturated rings. The predicted molar refractivity (Wildman–Crippen MR) is 64.6 cm³/mol. The number of carbonyl (C=O) groups excluding carboxylic acids is 1. The van der Waals surface area contributed by atoms with Gasteiger partial charge in [0.05, 0.1) is 17.8 Å². The van der Waals surface area contributed by atoms with E-state index in [9.17, 15) is 28.1 Å². The first-order chi connectivity index (χ1) is 9.26. The maximum absolute atomic E-state index is 12.1. The molecule has 6 nitrogen and oxygen atoms in total. The number of nitro groups is 1. The van der Waals surface area contributed by atoms with Gasteiger partial charge < -0.3 is 10.6 Å². The second kappa shape index (κ2) is 4.99. The molecule has 20 heavy (non-hydrogen) atoms. The number of hydrogen-bond donors (Lipinski definition) is 2. The van der Waals surface area contributed by atoms with E-state index in [1.807, 2.05) is 0 Å². The van der Waals surface area contributed by atoms with Crippen LogP contribution in [0.25, 0.3) is 0 Å². The Morgan fingerprint density at radius 2 is 2.10 bits per heavy atom. The Kier molecular flexibility index (Phi) is 3.51. The minimum absolute atomic E-state index is 0.0268. The maximum atomic E-state index is 12.1. The van der Waals surface area contributed by atoms with Gasteiger partial charge in [-0.15, -0.1) is 0 Å². The first-order valence-electron chi connectivity index (χ1n) is 5.68. The molecule has 0 atom stereocenters. The van der Waals surface area contributed by atoms with Gasteiger partial charge in [-0.25, -0.2) is 0 Å². The third-order valence-electron chi connectivity index (χ3n) is 2.77. The van der Waals surface area contributed by atoms with Crippen LogP contribution in [0.2, 0.25) is 0 Å². The number of amides is 1. The Morgan fingerprint density at radius 1 is 1.40 bits per heavy atom. The minimum Gasteiger partial charge on any atom is -0.379 e. The van der Waals surface area contributed by atoms with Crippen molar-refractivity contribution in [2.24, 2.45) is 0 Å². The number of alkyl halides is 3. The Bertz CT molecular complexity index is 572. The average molecular weight is 289 g/mol. The van der Waals surface area contributed by atoms with E-state index in [0.29, 0.717) is 11.3 Å². The molecule has 2 rings (SSSR count). The van der Waals surface area contributed by atoms with Crippen LogP contribution in [0.15, 0.2) is 12.1 Å². The molecular weight excluding hydrogens is 279 g/mol. The van der Waals surface area contributed by atoms with Crippen molar-refractivity contribution in [1.82, 2.24) is 0 Å². The molecule has 1 aromatic rings. The summed E-state index contributed by atoms with van der Waals surface area (Å²) in [6.07, 6.45) is -5.42. The molecule has 1 aliphatic rings. The summed E-state index contributed by atoms with van der Waals surface area (Å²) in [7, 11) is 0. The van der Waals surface area contributed by atoms with E-state index in [2.05, 4.69) is 10.6 Å². The van der Waals surface area contributed by atoms with E-state index in [0.717, 1.165) is 0 Å². The van der Waals surface area contributed by atoms with Crippen molar-refractivity contribution in [3.63, 3.8) is 0 Å². The van der Waals surface area contributed by atoms with E-state index in [4.69, 9.17) is 0 Å². The monoisotopic (exact) mass is 289 g/mol. The van der Waals surface area contributed by atoms with Gasteiger partial charge in [-0.3, -0.25) is 14.9 Å². The van der Waals surface area contributed by atoms with Crippen LogP contribution >= 0.6 is 0 Å². The topological polar surface area (TPSA) is 84.3 Å². The van der Waals surface area contributed by atoms with E-state index in [1.165, 1.54) is 12.1 Å². The zero-order valence-electron chi connectivity index (χ0n) is 10.1. The molecule has 1 aliphatic heterocycles. The number of nitrogens with one attached hydrogen (secondary N) is 2. The molecule has 9 heteroatoms. The van der Waals surface area contributed by atoms with Gasteiger partial charge in [0.25, 0.3) is 5.69 Å². The average Bonchev–Trinajstić information content (AvgIpc) is 2.65. The fourth-order valence-electron chi connectivity index (χ4n) is 1.89. The van der Waals surface area contributed by atoms with E-state index >= 15 is 0 Å². The molecule has 0 saturated carbocycles. The fraction of sp³-hybridized carbons (Fsp3) is 0.364. The van der Waals surface area contributed by atoms with Crippen LogP contribution in [-0.2, 0) is 11.2 Å². The lowest BCUT2D eigenvalue weighted by Crippen LogP contribution is -2.15. The molecule has 0 aliphatic carbocycles. The molecule has 0 saturated heterocycles. The summed E-state index contributed by atoms with van der Waals surface area (Å²) >= 11 is 0. The molecule has 1 aromatic carbocycles. The zero-order valence-corrected chi connectivity index (χ0v) is 10.1. The van der Waals surface area contributed by atoms with Crippen LogP contribution in [-0.4, -0.2) is 23.6 Å². The smallest absolute Gasteiger partial charge is 0.379 e. The minimum atomic E-state index is -4.34. The summed E-state index contributed by atoms with van der Waals surface area (Å²) in [5.74, 6) is -0.304. The van der Waals surface area contributed by atoms with Crippen molar-refractivity contribution in [3.05, 3.63) is 27.8 Å².